The molecule has 2 aromatic carbocycles. The van der Waals surface area contributed by atoms with Gasteiger partial charge in [-0.1, -0.05) is 24.3 Å². The van der Waals surface area contributed by atoms with Gasteiger partial charge in [0.2, 0.25) is 11.8 Å². The molecular weight excluding hydrogens is 316 g/mol. The van der Waals surface area contributed by atoms with Crippen LogP contribution in [0, 0.1) is 6.92 Å². The lowest BCUT2D eigenvalue weighted by atomic mass is 10.1. The Kier molecular flexibility index (Phi) is 5.14. The van der Waals surface area contributed by atoms with Gasteiger partial charge in [0, 0.05) is 24.3 Å². The van der Waals surface area contributed by atoms with Crippen LogP contribution in [0.2, 0.25) is 0 Å². The van der Waals surface area contributed by atoms with Crippen LogP contribution in [-0.2, 0) is 22.6 Å². The highest BCUT2D eigenvalue weighted by atomic mass is 16.3. The van der Waals surface area contributed by atoms with E-state index in [0.29, 0.717) is 6.42 Å². The number of nitrogens with zero attached hydrogens (tertiary/aromatic N) is 1. The van der Waals surface area contributed by atoms with Gasteiger partial charge in [-0.3, -0.25) is 9.59 Å². The second kappa shape index (κ2) is 7.49. The first-order chi connectivity index (χ1) is 12.1. The molecule has 0 atom stereocenters. The Morgan fingerprint density at radius 2 is 1.88 bits per heavy atom. The van der Waals surface area contributed by atoms with Crippen LogP contribution in [0.25, 0.3) is 0 Å². The van der Waals surface area contributed by atoms with Crippen LogP contribution in [0.15, 0.2) is 42.5 Å². The van der Waals surface area contributed by atoms with Crippen molar-refractivity contribution in [2.75, 3.05) is 16.8 Å². The molecule has 1 fully saturated rings. The molecule has 0 saturated carbocycles. The Hall–Kier alpha value is -2.66. The summed E-state index contributed by atoms with van der Waals surface area (Å²) in [6.45, 7) is 2.62. The minimum atomic E-state index is -0.108. The second-order valence-corrected chi connectivity index (χ2v) is 6.35. The molecule has 2 aromatic rings. The van der Waals surface area contributed by atoms with Gasteiger partial charge in [-0.25, -0.2) is 0 Å². The van der Waals surface area contributed by atoms with Crippen LogP contribution < -0.4 is 10.2 Å². The highest BCUT2D eigenvalue weighted by molar-refractivity contribution is 5.95. The SMILES string of the molecule is Cc1ccc(CO)cc1NC(=O)Cc1ccc(N2CCCC2=O)cc1. The summed E-state index contributed by atoms with van der Waals surface area (Å²) in [5.41, 5.74) is 4.21. The molecule has 0 aliphatic carbocycles. The minimum absolute atomic E-state index is 0.0557. The van der Waals surface area contributed by atoms with Gasteiger partial charge in [0.25, 0.3) is 0 Å². The van der Waals surface area contributed by atoms with Crippen LogP contribution in [0.3, 0.4) is 0 Å². The highest BCUT2D eigenvalue weighted by Gasteiger charge is 2.21. The molecule has 0 spiro atoms. The zero-order chi connectivity index (χ0) is 17.8. The molecule has 1 aliphatic heterocycles. The molecule has 0 aromatic heterocycles. The minimum Gasteiger partial charge on any atom is -0.392 e. The highest BCUT2D eigenvalue weighted by Crippen LogP contribution is 2.22. The molecule has 0 unspecified atom stereocenters. The quantitative estimate of drug-likeness (QED) is 0.881. The van der Waals surface area contributed by atoms with Crippen LogP contribution in [0.4, 0.5) is 11.4 Å². The zero-order valence-corrected chi connectivity index (χ0v) is 14.3. The van der Waals surface area contributed by atoms with Crippen molar-refractivity contribution in [1.82, 2.24) is 0 Å². The average Bonchev–Trinajstić information content (AvgIpc) is 3.03. The van der Waals surface area contributed by atoms with Gasteiger partial charge in [0.1, 0.15) is 0 Å². The smallest absolute Gasteiger partial charge is 0.228 e. The van der Waals surface area contributed by atoms with Crippen LogP contribution in [0.1, 0.15) is 29.5 Å². The third kappa shape index (κ3) is 4.06. The fourth-order valence-electron chi connectivity index (χ4n) is 3.00. The standard InChI is InChI=1S/C20H22N2O3/c1-14-4-5-16(13-23)11-18(14)21-19(24)12-15-6-8-17(9-7-15)22-10-2-3-20(22)25/h4-9,11,23H,2-3,10,12-13H2,1H3,(H,21,24). The summed E-state index contributed by atoms with van der Waals surface area (Å²) in [4.78, 5) is 25.8. The second-order valence-electron chi connectivity index (χ2n) is 6.35. The van der Waals surface area contributed by atoms with Crippen molar-refractivity contribution in [1.29, 1.82) is 0 Å². The summed E-state index contributed by atoms with van der Waals surface area (Å²) in [5.74, 6) is 0.0490. The van der Waals surface area contributed by atoms with Crippen molar-refractivity contribution in [3.05, 3.63) is 59.2 Å². The van der Waals surface area contributed by atoms with Crippen molar-refractivity contribution < 1.29 is 14.7 Å². The van der Waals surface area contributed by atoms with Crippen LogP contribution >= 0.6 is 0 Å². The predicted octanol–water partition coefficient (Wildman–Crippen LogP) is 2.80. The largest absolute Gasteiger partial charge is 0.392 e. The third-order valence-corrected chi connectivity index (χ3v) is 4.44. The van der Waals surface area contributed by atoms with E-state index in [1.165, 1.54) is 0 Å². The zero-order valence-electron chi connectivity index (χ0n) is 14.3. The van der Waals surface area contributed by atoms with Crippen LogP contribution in [0.5, 0.6) is 0 Å². The van der Waals surface area contributed by atoms with E-state index in [9.17, 15) is 14.7 Å². The molecule has 0 bridgehead atoms. The van der Waals surface area contributed by atoms with Gasteiger partial charge < -0.3 is 15.3 Å². The number of carbonyl (C=O) groups excluding carboxylic acids is 2. The Morgan fingerprint density at radius 1 is 1.16 bits per heavy atom. The topological polar surface area (TPSA) is 69.6 Å². The van der Waals surface area contributed by atoms with E-state index in [1.807, 2.05) is 43.3 Å². The first-order valence-electron chi connectivity index (χ1n) is 8.46. The number of carbonyl (C=O) groups is 2. The molecule has 5 nitrogen and oxygen atoms in total. The van der Waals surface area contributed by atoms with Crippen molar-refractivity contribution in [3.8, 4) is 0 Å². The van der Waals surface area contributed by atoms with Crippen molar-refractivity contribution in [2.24, 2.45) is 0 Å². The molecule has 0 radical (unpaired) electrons. The molecule has 1 aliphatic rings. The lowest BCUT2D eigenvalue weighted by Crippen LogP contribution is -2.23. The maximum absolute atomic E-state index is 12.3. The number of aliphatic hydroxyl groups excluding tert-OH is 1. The average molecular weight is 338 g/mol. The maximum Gasteiger partial charge on any atom is 0.228 e. The van der Waals surface area contributed by atoms with Gasteiger partial charge in [0.05, 0.1) is 13.0 Å². The number of hydrogen-bond acceptors (Lipinski definition) is 3. The molecule has 2 N–H and O–H groups in total. The molecule has 1 saturated heterocycles. The number of aryl methyl sites for hydroxylation is 1. The Morgan fingerprint density at radius 3 is 2.52 bits per heavy atom. The van der Waals surface area contributed by atoms with Gasteiger partial charge >= 0.3 is 0 Å². The van der Waals surface area contributed by atoms with E-state index in [1.54, 1.807) is 11.0 Å². The van der Waals surface area contributed by atoms with Gasteiger partial charge in [-0.2, -0.15) is 0 Å². The Bertz CT molecular complexity index is 784. The van der Waals surface area contributed by atoms with Crippen molar-refractivity contribution in [3.63, 3.8) is 0 Å². The molecule has 25 heavy (non-hydrogen) atoms. The van der Waals surface area contributed by atoms with Crippen molar-refractivity contribution in [2.45, 2.75) is 32.8 Å². The number of rotatable bonds is 5. The number of aliphatic hydroxyl groups is 1. The summed E-state index contributed by atoms with van der Waals surface area (Å²) in [5, 5.41) is 12.1. The lowest BCUT2D eigenvalue weighted by molar-refractivity contribution is -0.117. The summed E-state index contributed by atoms with van der Waals surface area (Å²) in [6, 6.07) is 13.1. The van der Waals surface area contributed by atoms with E-state index >= 15 is 0 Å². The summed E-state index contributed by atoms with van der Waals surface area (Å²) in [6.07, 6.45) is 1.77. The number of amides is 2. The molecule has 5 heteroatoms. The predicted molar refractivity (Wildman–Crippen MR) is 97.5 cm³/mol. The fraction of sp³-hybridized carbons (Fsp3) is 0.300. The molecule has 2 amide bonds. The first kappa shape index (κ1) is 17.2. The Balaban J connectivity index is 1.64. The monoisotopic (exact) mass is 338 g/mol. The number of benzene rings is 2. The van der Waals surface area contributed by atoms with Crippen molar-refractivity contribution >= 4 is 23.2 Å². The molecular formula is C20H22N2O3. The fourth-order valence-corrected chi connectivity index (χ4v) is 3.00. The molecule has 130 valence electrons. The third-order valence-electron chi connectivity index (χ3n) is 4.44. The van der Waals surface area contributed by atoms with E-state index in [-0.39, 0.29) is 24.8 Å². The summed E-state index contributed by atoms with van der Waals surface area (Å²) >= 11 is 0. The van der Waals surface area contributed by atoms with E-state index < -0.39 is 0 Å². The van der Waals surface area contributed by atoms with E-state index in [2.05, 4.69) is 5.32 Å². The number of hydrogen-bond donors (Lipinski definition) is 2. The first-order valence-corrected chi connectivity index (χ1v) is 8.46. The van der Waals surface area contributed by atoms with Gasteiger partial charge in [0.15, 0.2) is 0 Å². The lowest BCUT2D eigenvalue weighted by Gasteiger charge is -2.16. The maximum atomic E-state index is 12.3. The summed E-state index contributed by atoms with van der Waals surface area (Å²) in [7, 11) is 0. The molecule has 1 heterocycles. The van der Waals surface area contributed by atoms with Gasteiger partial charge in [-0.05, 0) is 48.2 Å². The van der Waals surface area contributed by atoms with E-state index in [4.69, 9.17) is 0 Å². The van der Waals surface area contributed by atoms with E-state index in [0.717, 1.165) is 41.0 Å². The molecule has 3 rings (SSSR count). The number of anilines is 2. The normalized spacial score (nSPS) is 14.0. The summed E-state index contributed by atoms with van der Waals surface area (Å²) < 4.78 is 0. The number of nitrogens with one attached hydrogen (secondary N) is 1. The Labute approximate surface area is 147 Å². The van der Waals surface area contributed by atoms with Gasteiger partial charge in [-0.15, -0.1) is 0 Å². The van der Waals surface area contributed by atoms with Crippen LogP contribution in [-0.4, -0.2) is 23.5 Å².